The molecule has 6 aliphatic rings. The Morgan fingerprint density at radius 3 is 2.49 bits per heavy atom. The van der Waals surface area contributed by atoms with Crippen LogP contribution in [0.4, 0.5) is 19.4 Å². The Bertz CT molecular complexity index is 3520. The zero-order valence-corrected chi connectivity index (χ0v) is 44.7. The number of aryl methyl sites for hydroxylation is 1. The van der Waals surface area contributed by atoms with Gasteiger partial charge in [-0.05, 0) is 156 Å². The van der Waals surface area contributed by atoms with E-state index in [1.165, 1.54) is 40.6 Å². The number of piperidine rings is 4. The fourth-order valence-corrected chi connectivity index (χ4v) is 13.9. The fraction of sp³-hybridized carbons (Fsp3) is 0.508. The van der Waals surface area contributed by atoms with Gasteiger partial charge in [-0.1, -0.05) is 12.0 Å². The molecular formula is C59H66F2N10O8. The van der Waals surface area contributed by atoms with Gasteiger partial charge in [0.2, 0.25) is 11.8 Å². The average molecular weight is 1080 g/mol. The van der Waals surface area contributed by atoms with Gasteiger partial charge < -0.3 is 34.4 Å². The Labute approximate surface area is 455 Å². The molecule has 3 aromatic carbocycles. The van der Waals surface area contributed by atoms with E-state index in [-0.39, 0.29) is 94.9 Å². The van der Waals surface area contributed by atoms with Crippen molar-refractivity contribution in [2.75, 3.05) is 70.5 Å². The minimum atomic E-state index is -1.02. The van der Waals surface area contributed by atoms with Crippen molar-refractivity contribution in [2.45, 2.75) is 113 Å². The molecule has 3 amide bonds. The quantitative estimate of drug-likeness (QED) is 0.0894. The number of imide groups is 1. The number of aromatic nitrogens is 5. The average Bonchev–Trinajstić information content (AvgIpc) is 4.24. The van der Waals surface area contributed by atoms with Crippen LogP contribution in [-0.2, 0) is 21.4 Å². The number of amides is 3. The van der Waals surface area contributed by atoms with E-state index in [0.717, 1.165) is 83.1 Å². The summed E-state index contributed by atoms with van der Waals surface area (Å²) in [4.78, 5) is 74.2. The van der Waals surface area contributed by atoms with Gasteiger partial charge in [-0.3, -0.25) is 33.9 Å². The number of fused-ring (bicyclic) bond motifs is 4. The predicted octanol–water partition coefficient (Wildman–Crippen LogP) is 6.90. The molecule has 1 unspecified atom stereocenters. The van der Waals surface area contributed by atoms with Crippen LogP contribution in [0.2, 0.25) is 0 Å². The summed E-state index contributed by atoms with van der Waals surface area (Å²) in [5.41, 5.74) is 1.14. The van der Waals surface area contributed by atoms with Crippen molar-refractivity contribution >= 4 is 56.4 Å². The lowest BCUT2D eigenvalue weighted by atomic mass is 9.88. The maximum absolute atomic E-state index is 17.2. The molecule has 12 rings (SSSR count). The van der Waals surface area contributed by atoms with Crippen LogP contribution in [0, 0.1) is 29.9 Å². The molecule has 6 aliphatic heterocycles. The molecule has 0 aliphatic carbocycles. The van der Waals surface area contributed by atoms with Gasteiger partial charge in [0.25, 0.3) is 0 Å². The molecule has 6 aromatic rings. The molecule has 0 spiro atoms. The summed E-state index contributed by atoms with van der Waals surface area (Å²) in [6, 6.07) is 10.5. The number of carbonyl (C=O) groups is 3. The van der Waals surface area contributed by atoms with Crippen LogP contribution >= 0.6 is 0 Å². The Balaban J connectivity index is 0.664. The highest BCUT2D eigenvalue weighted by Gasteiger charge is 2.50. The predicted molar refractivity (Wildman–Crippen MR) is 292 cm³/mol. The smallest absolute Gasteiger partial charge is 0.409 e. The summed E-state index contributed by atoms with van der Waals surface area (Å²) in [6.45, 7) is 8.02. The van der Waals surface area contributed by atoms with Crippen molar-refractivity contribution in [3.05, 3.63) is 81.9 Å². The Morgan fingerprint density at radius 1 is 0.924 bits per heavy atom. The number of benzene rings is 3. The maximum Gasteiger partial charge on any atom is 0.409 e. The molecule has 6 fully saturated rings. The monoisotopic (exact) mass is 1080 g/mol. The molecule has 3 N–H and O–H groups in total. The van der Waals surface area contributed by atoms with Gasteiger partial charge in [-0.15, -0.1) is 6.42 Å². The van der Waals surface area contributed by atoms with Gasteiger partial charge in [0.1, 0.15) is 47.9 Å². The summed E-state index contributed by atoms with van der Waals surface area (Å²) < 4.78 is 47.5. The molecule has 414 valence electrons. The molecule has 18 nitrogen and oxygen atoms in total. The molecular weight excluding hydrogens is 1010 g/mol. The summed E-state index contributed by atoms with van der Waals surface area (Å²) >= 11 is 0. The van der Waals surface area contributed by atoms with Crippen LogP contribution in [0.1, 0.15) is 107 Å². The number of phenols is 1. The number of aliphatic hydroxyl groups is 1. The molecule has 0 radical (unpaired) electrons. The number of anilines is 1. The lowest BCUT2D eigenvalue weighted by molar-refractivity contribution is -0.135. The lowest BCUT2D eigenvalue weighted by Gasteiger charge is -2.38. The highest BCUT2D eigenvalue weighted by Crippen LogP contribution is 2.44. The number of likely N-dealkylation sites (tertiary alicyclic amines) is 2. The third-order valence-electron chi connectivity index (χ3n) is 18.0. The van der Waals surface area contributed by atoms with Gasteiger partial charge in [0.15, 0.2) is 5.82 Å². The second-order valence-electron chi connectivity index (χ2n) is 23.2. The SMILES string of the molecule is C#Cc1cc(F)cc2cc(O)cc(-c3ncc4c(N5CCC[C@@](C)(O)C5)nc(OC[C@@]56CCCN5[C@H](COC(=O)N5CCC(CN7CCC(c8ccc9c(c8)n(C)c(=O)n9C8CCC(=O)NC8=O)CC7)CC5)CC6)nc4c3F)c12. The van der Waals surface area contributed by atoms with E-state index in [0.29, 0.717) is 72.8 Å². The molecule has 3 aromatic heterocycles. The number of halogens is 2. The standard InChI is InChI=1S/C59H66F2N10O8/c1-4-36-25-40(60)26-39-27-42(72)29-43(49(36)39)51-50(61)52-44(30-62-51)53(69-19-5-16-58(2,77)33-69)65-55(64-52)79-34-59-17-6-20-70(59)41(11-18-59)32-78-57(76)68-23-12-35(13-24-68)31-67-21-14-37(15-22-67)38-7-8-45-47(28-38)66(3)56(75)71(45)46-9-10-48(73)63-54(46)74/h1,7-8,25-30,35,37,41,46,72,77H,5-6,9-24,31-34H2,2-3H3,(H,63,73,74)/t41-,46?,58+,59-/m0/s1. The van der Waals surface area contributed by atoms with E-state index in [1.807, 2.05) is 15.9 Å². The second-order valence-corrected chi connectivity index (χ2v) is 23.2. The number of pyridine rings is 1. The van der Waals surface area contributed by atoms with Crippen molar-refractivity contribution < 1.29 is 42.9 Å². The minimum absolute atomic E-state index is 0.00326. The van der Waals surface area contributed by atoms with Crippen molar-refractivity contribution in [3.63, 3.8) is 0 Å². The van der Waals surface area contributed by atoms with Gasteiger partial charge in [-0.25, -0.2) is 18.4 Å². The molecule has 20 heteroatoms. The molecule has 0 bridgehead atoms. The number of ether oxygens (including phenoxy) is 2. The Morgan fingerprint density at radius 2 is 1.72 bits per heavy atom. The van der Waals surface area contributed by atoms with Crippen molar-refractivity contribution in [1.82, 2.24) is 44.1 Å². The zero-order chi connectivity index (χ0) is 54.9. The molecule has 4 atom stereocenters. The normalized spacial score (nSPS) is 24.6. The molecule has 79 heavy (non-hydrogen) atoms. The van der Waals surface area contributed by atoms with E-state index in [9.17, 15) is 33.8 Å². The number of rotatable bonds is 11. The van der Waals surface area contributed by atoms with Crippen LogP contribution in [0.3, 0.4) is 0 Å². The van der Waals surface area contributed by atoms with E-state index in [2.05, 4.69) is 43.1 Å². The number of nitrogens with zero attached hydrogens (tertiary/aromatic N) is 9. The summed E-state index contributed by atoms with van der Waals surface area (Å²) in [7, 11) is 1.73. The van der Waals surface area contributed by atoms with Crippen molar-refractivity contribution in [2.24, 2.45) is 13.0 Å². The summed E-state index contributed by atoms with van der Waals surface area (Å²) in [5, 5.41) is 25.2. The maximum atomic E-state index is 17.2. The van der Waals surface area contributed by atoms with E-state index < -0.39 is 29.2 Å². The molecule has 0 saturated carbocycles. The Hall–Kier alpha value is -7.21. The molecule has 6 saturated heterocycles. The van der Waals surface area contributed by atoms with Crippen LogP contribution in [0.25, 0.3) is 44.0 Å². The lowest BCUT2D eigenvalue weighted by Crippen LogP contribution is -2.49. The first-order chi connectivity index (χ1) is 38.0. The first kappa shape index (κ1) is 52.5. The fourth-order valence-electron chi connectivity index (χ4n) is 13.9. The van der Waals surface area contributed by atoms with Crippen LogP contribution in [0.15, 0.2) is 53.5 Å². The first-order valence-electron chi connectivity index (χ1n) is 27.9. The van der Waals surface area contributed by atoms with Crippen molar-refractivity contribution in [1.29, 1.82) is 0 Å². The third kappa shape index (κ3) is 9.92. The van der Waals surface area contributed by atoms with Crippen LogP contribution < -0.4 is 20.6 Å². The summed E-state index contributed by atoms with van der Waals surface area (Å²) in [6.07, 6.45) is 15.9. The number of terminal acetylenes is 1. The first-order valence-corrected chi connectivity index (χ1v) is 27.9. The van der Waals surface area contributed by atoms with E-state index in [4.69, 9.17) is 20.9 Å². The highest BCUT2D eigenvalue weighted by molar-refractivity contribution is 6.03. The van der Waals surface area contributed by atoms with Gasteiger partial charge in [-0.2, -0.15) is 9.97 Å². The minimum Gasteiger partial charge on any atom is -0.508 e. The number of phenolic OH excluding ortho intramolecular Hbond substituents is 1. The number of nitrogens with one attached hydrogen (secondary N) is 1. The van der Waals surface area contributed by atoms with E-state index >= 15 is 4.39 Å². The topological polar surface area (TPSA) is 201 Å². The number of imidazole rings is 1. The second kappa shape index (κ2) is 20.8. The van der Waals surface area contributed by atoms with Gasteiger partial charge in [0, 0.05) is 74.9 Å². The number of hydrogen-bond donors (Lipinski definition) is 3. The van der Waals surface area contributed by atoms with E-state index in [1.54, 1.807) is 18.5 Å². The zero-order valence-electron chi connectivity index (χ0n) is 44.7. The van der Waals surface area contributed by atoms with Gasteiger partial charge in [0.05, 0.1) is 27.6 Å². The highest BCUT2D eigenvalue weighted by atomic mass is 19.1. The third-order valence-corrected chi connectivity index (χ3v) is 18.0. The molecule has 9 heterocycles. The number of carbonyl (C=O) groups excluding carboxylic acids is 3. The van der Waals surface area contributed by atoms with Crippen LogP contribution in [0.5, 0.6) is 11.8 Å². The number of β-amino-alcohol motifs (C(OH)–C–C–N with tert-alkyl or cyclic N) is 1. The van der Waals surface area contributed by atoms with Crippen LogP contribution in [-0.4, -0.2) is 150 Å². The van der Waals surface area contributed by atoms with Gasteiger partial charge >= 0.3 is 17.8 Å². The number of hydrogen-bond acceptors (Lipinski definition) is 14. The largest absolute Gasteiger partial charge is 0.508 e. The summed E-state index contributed by atoms with van der Waals surface area (Å²) in [5.74, 6) is 1.31. The Kier molecular flexibility index (Phi) is 13.8. The van der Waals surface area contributed by atoms with Crippen molar-refractivity contribution in [3.8, 4) is 35.4 Å². The number of aromatic hydroxyl groups is 1.